The average molecular weight is 235 g/mol. The third-order valence-corrected chi connectivity index (χ3v) is 4.65. The normalized spacial score (nSPS) is 42.5. The smallest absolute Gasteiger partial charge is 0.134 e. The molecule has 4 bridgehead atoms. The van der Waals surface area contributed by atoms with E-state index < -0.39 is 0 Å². The zero-order valence-corrected chi connectivity index (χ0v) is 10.1. The van der Waals surface area contributed by atoms with E-state index in [1.807, 2.05) is 0 Å². The Balaban J connectivity index is 1.74. The lowest BCUT2D eigenvalue weighted by Gasteiger charge is -2.57. The fourth-order valence-electron chi connectivity index (χ4n) is 4.43. The van der Waals surface area contributed by atoms with E-state index in [0.717, 1.165) is 37.0 Å². The number of hydrogen-bond acceptors (Lipinski definition) is 4. The summed E-state index contributed by atoms with van der Waals surface area (Å²) in [6, 6.07) is 0. The van der Waals surface area contributed by atoms with E-state index in [9.17, 15) is 5.21 Å². The van der Waals surface area contributed by atoms with E-state index in [-0.39, 0.29) is 11.4 Å². The van der Waals surface area contributed by atoms with Gasteiger partial charge in [-0.15, -0.1) is 0 Å². The van der Waals surface area contributed by atoms with Crippen LogP contribution in [0.1, 0.15) is 38.5 Å². The number of hydrogen-bond donors (Lipinski definition) is 0. The van der Waals surface area contributed by atoms with E-state index in [4.69, 9.17) is 4.84 Å². The minimum absolute atomic E-state index is 0.0562. The maximum Gasteiger partial charge on any atom is 0.134 e. The van der Waals surface area contributed by atoms with Gasteiger partial charge in [0.2, 0.25) is 0 Å². The molecule has 4 heteroatoms. The molecule has 0 spiro atoms. The summed E-state index contributed by atoms with van der Waals surface area (Å²) in [7, 11) is 0. The first kappa shape index (κ1) is 11.2. The van der Waals surface area contributed by atoms with Gasteiger partial charge in [-0.2, -0.15) is 0 Å². The fraction of sp³-hybridized carbons (Fsp3) is 0.769. The topological polar surface area (TPSA) is 47.9 Å². The van der Waals surface area contributed by atoms with Crippen LogP contribution >= 0.6 is 0 Å². The summed E-state index contributed by atoms with van der Waals surface area (Å²) in [6.45, 7) is 6.84. The molecule has 0 aromatic carbocycles. The Bertz CT molecular complexity index is 318. The van der Waals surface area contributed by atoms with Crippen LogP contribution in [0, 0.1) is 23.0 Å². The van der Waals surface area contributed by atoms with Gasteiger partial charge < -0.3 is 10.4 Å². The second kappa shape index (κ2) is 3.82. The van der Waals surface area contributed by atoms with Gasteiger partial charge in [0.05, 0.1) is 5.60 Å². The third kappa shape index (κ3) is 1.89. The molecule has 4 fully saturated rings. The number of aliphatic imine (C=N–C) groups is 1. The van der Waals surface area contributed by atoms with E-state index in [1.165, 1.54) is 19.3 Å². The molecular formula is C13H19N2O2-. The second-order valence-electron chi connectivity index (χ2n) is 6.02. The molecule has 17 heavy (non-hydrogen) atoms. The van der Waals surface area contributed by atoms with E-state index in [1.54, 1.807) is 0 Å². The maximum absolute atomic E-state index is 11.7. The van der Waals surface area contributed by atoms with E-state index in [0.29, 0.717) is 5.23 Å². The van der Waals surface area contributed by atoms with Crippen molar-refractivity contribution in [3.63, 3.8) is 0 Å². The van der Waals surface area contributed by atoms with Crippen LogP contribution in [-0.2, 0) is 4.84 Å². The average Bonchev–Trinajstić information content (AvgIpc) is 2.25. The summed E-state index contributed by atoms with van der Waals surface area (Å²) in [6.07, 6.45) is 7.10. The van der Waals surface area contributed by atoms with Crippen LogP contribution < -0.4 is 0 Å². The Morgan fingerprint density at radius 3 is 2.06 bits per heavy atom. The number of hydroxylamine groups is 2. The molecule has 0 aliphatic heterocycles. The predicted octanol–water partition coefficient (Wildman–Crippen LogP) is 2.86. The van der Waals surface area contributed by atoms with Gasteiger partial charge in [0.15, 0.2) is 0 Å². The predicted molar refractivity (Wildman–Crippen MR) is 65.9 cm³/mol. The summed E-state index contributed by atoms with van der Waals surface area (Å²) in [4.78, 5) is 9.18. The monoisotopic (exact) mass is 235 g/mol. The molecule has 4 nitrogen and oxygen atoms in total. The molecule has 4 aliphatic carbocycles. The Morgan fingerprint density at radius 2 is 1.65 bits per heavy atom. The van der Waals surface area contributed by atoms with Gasteiger partial charge >= 0.3 is 0 Å². The van der Waals surface area contributed by atoms with Crippen LogP contribution in [0.4, 0.5) is 0 Å². The van der Waals surface area contributed by atoms with E-state index in [2.05, 4.69) is 18.3 Å². The molecule has 0 aromatic heterocycles. The highest BCUT2D eigenvalue weighted by Crippen LogP contribution is 2.57. The van der Waals surface area contributed by atoms with Crippen molar-refractivity contribution in [1.29, 1.82) is 0 Å². The Kier molecular flexibility index (Phi) is 2.52. The van der Waals surface area contributed by atoms with Gasteiger partial charge in [0.25, 0.3) is 0 Å². The molecule has 4 rings (SSSR count). The minimum Gasteiger partial charge on any atom is -0.732 e. The molecule has 0 atom stereocenters. The van der Waals surface area contributed by atoms with Gasteiger partial charge in [0.1, 0.15) is 5.82 Å². The summed E-state index contributed by atoms with van der Waals surface area (Å²) in [5, 5.41) is 12.2. The van der Waals surface area contributed by atoms with Crippen molar-refractivity contribution in [2.75, 3.05) is 0 Å². The van der Waals surface area contributed by atoms with Crippen molar-refractivity contribution in [3.05, 3.63) is 17.6 Å². The van der Waals surface area contributed by atoms with Gasteiger partial charge in [0, 0.05) is 0 Å². The zero-order chi connectivity index (χ0) is 12.0. The first-order valence-electron chi connectivity index (χ1n) is 6.42. The van der Waals surface area contributed by atoms with Crippen LogP contribution in [0.5, 0.6) is 0 Å². The van der Waals surface area contributed by atoms with Crippen molar-refractivity contribution in [1.82, 2.24) is 5.23 Å². The van der Waals surface area contributed by atoms with Crippen molar-refractivity contribution >= 4 is 6.72 Å². The van der Waals surface area contributed by atoms with Crippen LogP contribution in [0.25, 0.3) is 0 Å². The molecule has 0 radical (unpaired) electrons. The Morgan fingerprint density at radius 1 is 1.18 bits per heavy atom. The van der Waals surface area contributed by atoms with Crippen molar-refractivity contribution in [2.45, 2.75) is 44.1 Å². The van der Waals surface area contributed by atoms with Crippen molar-refractivity contribution in [2.24, 2.45) is 22.7 Å². The minimum atomic E-state index is -0.232. The van der Waals surface area contributed by atoms with Crippen molar-refractivity contribution < 1.29 is 4.84 Å². The standard InChI is InChI=1S/C13H19N2O2/c1-9(14-2)15(16)17-13-6-10-3-11(7-13)5-12(4-10)8-13/h10-12H,1-8H2/q-1. The molecule has 0 saturated heterocycles. The first-order chi connectivity index (χ1) is 8.10. The molecule has 0 aromatic rings. The Labute approximate surface area is 102 Å². The zero-order valence-electron chi connectivity index (χ0n) is 10.1. The van der Waals surface area contributed by atoms with E-state index >= 15 is 0 Å². The molecule has 94 valence electrons. The molecule has 4 aliphatic rings. The highest BCUT2D eigenvalue weighted by atomic mass is 16.9. The summed E-state index contributed by atoms with van der Waals surface area (Å²) in [5.74, 6) is 2.35. The van der Waals surface area contributed by atoms with Crippen molar-refractivity contribution in [3.8, 4) is 0 Å². The third-order valence-electron chi connectivity index (χ3n) is 4.65. The summed E-state index contributed by atoms with van der Waals surface area (Å²) in [5.41, 5.74) is -0.232. The lowest BCUT2D eigenvalue weighted by molar-refractivity contribution is -0.258. The van der Waals surface area contributed by atoms with Crippen LogP contribution in [0.2, 0.25) is 0 Å². The van der Waals surface area contributed by atoms with Crippen LogP contribution in [0.3, 0.4) is 0 Å². The van der Waals surface area contributed by atoms with Gasteiger partial charge in [-0.1, -0.05) is 6.58 Å². The Hall–Kier alpha value is -0.870. The lowest BCUT2D eigenvalue weighted by atomic mass is 9.54. The molecule has 4 saturated carbocycles. The first-order valence-corrected chi connectivity index (χ1v) is 6.42. The fourth-order valence-corrected chi connectivity index (χ4v) is 4.43. The van der Waals surface area contributed by atoms with Gasteiger partial charge in [-0.25, -0.2) is 4.99 Å². The van der Waals surface area contributed by atoms with Gasteiger partial charge in [-0.3, -0.25) is 4.84 Å². The highest BCUT2D eigenvalue weighted by Gasteiger charge is 2.52. The van der Waals surface area contributed by atoms with Crippen LogP contribution in [0.15, 0.2) is 17.4 Å². The number of nitrogens with zero attached hydrogens (tertiary/aromatic N) is 2. The lowest BCUT2D eigenvalue weighted by Crippen LogP contribution is -2.53. The maximum atomic E-state index is 11.7. The molecule has 0 heterocycles. The molecular weight excluding hydrogens is 216 g/mol. The highest BCUT2D eigenvalue weighted by molar-refractivity contribution is 5.27. The largest absolute Gasteiger partial charge is 0.732 e. The molecule has 0 N–H and O–H groups in total. The summed E-state index contributed by atoms with van der Waals surface area (Å²) >= 11 is 0. The number of rotatable bonds is 4. The SMILES string of the molecule is C=NC(=C)N([O-])OC12CC3CC(CC(C3)C1)C2. The van der Waals surface area contributed by atoms with Gasteiger partial charge in [-0.05, 0) is 63.0 Å². The molecule has 0 unspecified atom stereocenters. The summed E-state index contributed by atoms with van der Waals surface area (Å²) < 4.78 is 0. The van der Waals surface area contributed by atoms with Crippen LogP contribution in [-0.4, -0.2) is 17.5 Å². The quantitative estimate of drug-likeness (QED) is 0.556. The molecule has 0 amide bonds. The second-order valence-corrected chi connectivity index (χ2v) is 6.02.